The fourth-order valence-electron chi connectivity index (χ4n) is 3.13. The number of fused-ring (bicyclic) bond motifs is 1. The molecule has 3 N–H and O–H groups in total. The molecule has 3 aromatic rings. The van der Waals surface area contributed by atoms with E-state index in [0.717, 1.165) is 16.3 Å². The summed E-state index contributed by atoms with van der Waals surface area (Å²) in [5.41, 5.74) is 2.09. The van der Waals surface area contributed by atoms with Gasteiger partial charge < -0.3 is 16.0 Å². The molecule has 30 heavy (non-hydrogen) atoms. The fraction of sp³-hybridized carbons (Fsp3) is 0.208. The summed E-state index contributed by atoms with van der Waals surface area (Å²) in [6.07, 6.45) is 0.689. The SMILES string of the molecule is CCC(=O)NCCNC(=O)c1ccc(NC(=O)Cc2cccc3ccccc23)cc1. The molecule has 6 heteroatoms. The van der Waals surface area contributed by atoms with Gasteiger partial charge in [-0.25, -0.2) is 0 Å². The standard InChI is InChI=1S/C24H25N3O3/c1-2-22(28)25-14-15-26-24(30)18-10-12-20(13-11-18)27-23(29)16-19-8-5-7-17-6-3-4-9-21(17)19/h3-13H,2,14-16H2,1H3,(H,25,28)(H,26,30)(H,27,29). The molecule has 0 spiro atoms. The van der Waals surface area contributed by atoms with Crippen LogP contribution in [0.5, 0.6) is 0 Å². The van der Waals surface area contributed by atoms with Crippen molar-refractivity contribution in [2.24, 2.45) is 0 Å². The van der Waals surface area contributed by atoms with Crippen LogP contribution < -0.4 is 16.0 Å². The molecule has 0 saturated carbocycles. The second-order valence-electron chi connectivity index (χ2n) is 6.90. The lowest BCUT2D eigenvalue weighted by molar-refractivity contribution is -0.120. The first kappa shape index (κ1) is 21.0. The third-order valence-corrected chi connectivity index (χ3v) is 4.72. The maximum Gasteiger partial charge on any atom is 0.251 e. The summed E-state index contributed by atoms with van der Waals surface area (Å²) in [5.74, 6) is -0.391. The van der Waals surface area contributed by atoms with Crippen molar-refractivity contribution in [1.29, 1.82) is 0 Å². The molecule has 0 aliphatic rings. The van der Waals surface area contributed by atoms with Gasteiger partial charge in [-0.15, -0.1) is 0 Å². The van der Waals surface area contributed by atoms with Crippen molar-refractivity contribution < 1.29 is 14.4 Å². The first-order valence-electron chi connectivity index (χ1n) is 9.98. The van der Waals surface area contributed by atoms with Crippen LogP contribution in [0.4, 0.5) is 5.69 Å². The maximum absolute atomic E-state index is 12.5. The first-order chi connectivity index (χ1) is 14.6. The van der Waals surface area contributed by atoms with Crippen LogP contribution in [-0.4, -0.2) is 30.8 Å². The molecule has 6 nitrogen and oxygen atoms in total. The Balaban J connectivity index is 1.53. The number of carbonyl (C=O) groups is 3. The second kappa shape index (κ2) is 10.2. The van der Waals surface area contributed by atoms with Gasteiger partial charge in [-0.1, -0.05) is 49.4 Å². The Morgan fingerprint density at radius 1 is 0.767 bits per heavy atom. The molecule has 0 radical (unpaired) electrons. The largest absolute Gasteiger partial charge is 0.354 e. The topological polar surface area (TPSA) is 87.3 Å². The smallest absolute Gasteiger partial charge is 0.251 e. The molecule has 0 bridgehead atoms. The van der Waals surface area contributed by atoms with E-state index in [-0.39, 0.29) is 24.1 Å². The zero-order chi connectivity index (χ0) is 21.3. The lowest BCUT2D eigenvalue weighted by Gasteiger charge is -2.09. The van der Waals surface area contributed by atoms with E-state index in [1.165, 1.54) is 0 Å². The van der Waals surface area contributed by atoms with Crippen LogP contribution in [0.2, 0.25) is 0 Å². The lowest BCUT2D eigenvalue weighted by Crippen LogP contribution is -2.34. The maximum atomic E-state index is 12.5. The van der Waals surface area contributed by atoms with Crippen molar-refractivity contribution >= 4 is 34.2 Å². The molecule has 0 aliphatic carbocycles. The van der Waals surface area contributed by atoms with Gasteiger partial charge in [0, 0.05) is 30.8 Å². The number of hydrogen-bond acceptors (Lipinski definition) is 3. The summed E-state index contributed by atoms with van der Waals surface area (Å²) >= 11 is 0. The number of rotatable bonds is 8. The van der Waals surface area contributed by atoms with Crippen molar-refractivity contribution in [3.05, 3.63) is 77.9 Å². The van der Waals surface area contributed by atoms with Crippen LogP contribution >= 0.6 is 0 Å². The van der Waals surface area contributed by atoms with Gasteiger partial charge >= 0.3 is 0 Å². The van der Waals surface area contributed by atoms with E-state index >= 15 is 0 Å². The Labute approximate surface area is 175 Å². The zero-order valence-electron chi connectivity index (χ0n) is 16.9. The minimum atomic E-state index is -0.227. The van der Waals surface area contributed by atoms with Gasteiger partial charge in [0.1, 0.15) is 0 Å². The molecule has 3 rings (SSSR count). The summed E-state index contributed by atoms with van der Waals surface area (Å²) in [5, 5.41) is 10.5. The average Bonchev–Trinajstić information content (AvgIpc) is 2.77. The minimum absolute atomic E-state index is 0.0483. The Kier molecular flexibility index (Phi) is 7.16. The summed E-state index contributed by atoms with van der Waals surface area (Å²) in [4.78, 5) is 35.8. The highest BCUT2D eigenvalue weighted by molar-refractivity contribution is 5.97. The molecule has 0 fully saturated rings. The summed E-state index contributed by atoms with van der Waals surface area (Å²) in [6.45, 7) is 2.52. The van der Waals surface area contributed by atoms with Gasteiger partial charge in [0.15, 0.2) is 0 Å². The number of carbonyl (C=O) groups excluding carboxylic acids is 3. The molecule has 3 aromatic carbocycles. The Morgan fingerprint density at radius 2 is 1.47 bits per heavy atom. The highest BCUT2D eigenvalue weighted by atomic mass is 16.2. The third kappa shape index (κ3) is 5.67. The normalized spacial score (nSPS) is 10.4. The highest BCUT2D eigenvalue weighted by Crippen LogP contribution is 2.19. The average molecular weight is 403 g/mol. The number of nitrogens with one attached hydrogen (secondary N) is 3. The summed E-state index contributed by atoms with van der Waals surface area (Å²) < 4.78 is 0. The molecule has 0 aromatic heterocycles. The third-order valence-electron chi connectivity index (χ3n) is 4.72. The Morgan fingerprint density at radius 3 is 2.23 bits per heavy atom. The van der Waals surface area contributed by atoms with E-state index in [9.17, 15) is 14.4 Å². The van der Waals surface area contributed by atoms with Crippen LogP contribution in [0, 0.1) is 0 Å². The van der Waals surface area contributed by atoms with E-state index in [1.807, 2.05) is 42.5 Å². The van der Waals surface area contributed by atoms with Crippen molar-refractivity contribution in [3.63, 3.8) is 0 Å². The molecule has 154 valence electrons. The van der Waals surface area contributed by atoms with Gasteiger partial charge in [-0.3, -0.25) is 14.4 Å². The van der Waals surface area contributed by atoms with Crippen LogP contribution in [0.1, 0.15) is 29.3 Å². The molecule has 0 aliphatic heterocycles. The van der Waals surface area contributed by atoms with Gasteiger partial charge in [0.05, 0.1) is 6.42 Å². The van der Waals surface area contributed by atoms with Gasteiger partial charge in [-0.2, -0.15) is 0 Å². The highest BCUT2D eigenvalue weighted by Gasteiger charge is 2.09. The quantitative estimate of drug-likeness (QED) is 0.505. The number of amides is 3. The lowest BCUT2D eigenvalue weighted by atomic mass is 10.0. The predicted molar refractivity (Wildman–Crippen MR) is 118 cm³/mol. The van der Waals surface area contributed by atoms with Crippen molar-refractivity contribution in [2.45, 2.75) is 19.8 Å². The molecule has 0 heterocycles. The van der Waals surface area contributed by atoms with E-state index in [4.69, 9.17) is 0 Å². The summed E-state index contributed by atoms with van der Waals surface area (Å²) in [7, 11) is 0. The minimum Gasteiger partial charge on any atom is -0.354 e. The van der Waals surface area contributed by atoms with Crippen LogP contribution in [-0.2, 0) is 16.0 Å². The second-order valence-corrected chi connectivity index (χ2v) is 6.90. The molecular weight excluding hydrogens is 378 g/mol. The van der Waals surface area contributed by atoms with Gasteiger partial charge in [0.2, 0.25) is 11.8 Å². The number of hydrogen-bond donors (Lipinski definition) is 3. The van der Waals surface area contributed by atoms with E-state index in [2.05, 4.69) is 16.0 Å². The fourth-order valence-corrected chi connectivity index (χ4v) is 3.13. The molecular formula is C24H25N3O3. The van der Waals surface area contributed by atoms with Crippen LogP contribution in [0.3, 0.4) is 0 Å². The van der Waals surface area contributed by atoms with Crippen molar-refractivity contribution in [2.75, 3.05) is 18.4 Å². The Hall–Kier alpha value is -3.67. The van der Waals surface area contributed by atoms with E-state index in [1.54, 1.807) is 31.2 Å². The predicted octanol–water partition coefficient (Wildman–Crippen LogP) is 3.28. The number of benzene rings is 3. The zero-order valence-corrected chi connectivity index (χ0v) is 16.9. The van der Waals surface area contributed by atoms with Crippen molar-refractivity contribution in [1.82, 2.24) is 10.6 Å². The van der Waals surface area contributed by atoms with E-state index in [0.29, 0.717) is 30.8 Å². The van der Waals surface area contributed by atoms with Gasteiger partial charge in [-0.05, 0) is 40.6 Å². The van der Waals surface area contributed by atoms with Crippen molar-refractivity contribution in [3.8, 4) is 0 Å². The number of anilines is 1. The molecule has 0 atom stereocenters. The monoisotopic (exact) mass is 403 g/mol. The Bertz CT molecular complexity index is 1040. The van der Waals surface area contributed by atoms with Crippen LogP contribution in [0.15, 0.2) is 66.7 Å². The van der Waals surface area contributed by atoms with Crippen LogP contribution in [0.25, 0.3) is 10.8 Å². The molecule has 0 unspecified atom stereocenters. The van der Waals surface area contributed by atoms with Gasteiger partial charge in [0.25, 0.3) is 5.91 Å². The first-order valence-corrected chi connectivity index (χ1v) is 9.98. The summed E-state index contributed by atoms with van der Waals surface area (Å²) in [6, 6.07) is 20.6. The molecule has 3 amide bonds. The molecule has 0 saturated heterocycles. The van der Waals surface area contributed by atoms with E-state index < -0.39 is 0 Å².